The topological polar surface area (TPSA) is 20.2 Å². The molecule has 0 saturated heterocycles. The molecule has 0 unspecified atom stereocenters. The molecule has 70 valence electrons. The number of hydrogen-bond donors (Lipinski definition) is 1. The minimum absolute atomic E-state index is 0.0617. The first kappa shape index (κ1) is 8.97. The molecular formula is C13H12O. The predicted molar refractivity (Wildman–Crippen MR) is 60.0 cm³/mol. The summed E-state index contributed by atoms with van der Waals surface area (Å²) in [6.45, 7) is 3.84. The number of rotatable bonds is 2. The van der Waals surface area contributed by atoms with E-state index in [0.29, 0.717) is 0 Å². The summed E-state index contributed by atoms with van der Waals surface area (Å²) in [6.07, 6.45) is 1.80. The van der Waals surface area contributed by atoms with Crippen molar-refractivity contribution in [1.29, 1.82) is 0 Å². The van der Waals surface area contributed by atoms with Gasteiger partial charge < -0.3 is 5.11 Å². The van der Waals surface area contributed by atoms with Crippen molar-refractivity contribution in [3.63, 3.8) is 0 Å². The lowest BCUT2D eigenvalue weighted by Gasteiger charge is -2.06. The van der Waals surface area contributed by atoms with Gasteiger partial charge in [0.05, 0.1) is 6.61 Å². The second kappa shape index (κ2) is 3.64. The lowest BCUT2D eigenvalue weighted by molar-refractivity contribution is 0.282. The van der Waals surface area contributed by atoms with Crippen LogP contribution in [0.4, 0.5) is 0 Å². The normalized spacial score (nSPS) is 10.4. The highest BCUT2D eigenvalue weighted by molar-refractivity contribution is 5.91. The molecule has 0 heterocycles. The zero-order chi connectivity index (χ0) is 9.97. The molecule has 0 amide bonds. The molecule has 0 aliphatic carbocycles. The van der Waals surface area contributed by atoms with E-state index in [2.05, 4.69) is 12.6 Å². The second-order valence-corrected chi connectivity index (χ2v) is 3.22. The molecule has 1 heteroatoms. The molecule has 0 aliphatic rings. The van der Waals surface area contributed by atoms with Crippen molar-refractivity contribution in [3.05, 3.63) is 54.1 Å². The minimum Gasteiger partial charge on any atom is -0.392 e. The smallest absolute Gasteiger partial charge is 0.0687 e. The van der Waals surface area contributed by atoms with Gasteiger partial charge in [-0.25, -0.2) is 0 Å². The second-order valence-electron chi connectivity index (χ2n) is 3.22. The average Bonchev–Trinajstić information content (AvgIpc) is 2.27. The molecule has 0 spiro atoms. The molecule has 0 saturated carbocycles. The van der Waals surface area contributed by atoms with Crippen LogP contribution < -0.4 is 0 Å². The fourth-order valence-corrected chi connectivity index (χ4v) is 1.72. The van der Waals surface area contributed by atoms with Gasteiger partial charge in [-0.2, -0.15) is 0 Å². The first-order chi connectivity index (χ1) is 6.86. The van der Waals surface area contributed by atoms with E-state index in [1.807, 2.05) is 30.3 Å². The summed E-state index contributed by atoms with van der Waals surface area (Å²) in [5, 5.41) is 11.5. The highest BCUT2D eigenvalue weighted by Crippen LogP contribution is 2.23. The summed E-state index contributed by atoms with van der Waals surface area (Å²) in [5.41, 5.74) is 1.96. The van der Waals surface area contributed by atoms with Crippen LogP contribution in [0.15, 0.2) is 43.0 Å². The van der Waals surface area contributed by atoms with Crippen molar-refractivity contribution in [2.24, 2.45) is 0 Å². The van der Waals surface area contributed by atoms with E-state index < -0.39 is 0 Å². The van der Waals surface area contributed by atoms with E-state index in [0.717, 1.165) is 16.5 Å². The molecule has 0 aromatic heterocycles. The van der Waals surface area contributed by atoms with Crippen LogP contribution in [0.5, 0.6) is 0 Å². The number of fused-ring (bicyclic) bond motifs is 1. The number of aliphatic hydroxyl groups is 1. The summed E-state index contributed by atoms with van der Waals surface area (Å²) >= 11 is 0. The Balaban J connectivity index is 2.83. The maximum absolute atomic E-state index is 9.16. The van der Waals surface area contributed by atoms with Crippen molar-refractivity contribution in [2.75, 3.05) is 0 Å². The predicted octanol–water partition coefficient (Wildman–Crippen LogP) is 2.98. The van der Waals surface area contributed by atoms with Crippen LogP contribution in [0.25, 0.3) is 16.8 Å². The van der Waals surface area contributed by atoms with Gasteiger partial charge in [0, 0.05) is 0 Å². The van der Waals surface area contributed by atoms with E-state index in [9.17, 15) is 0 Å². The average molecular weight is 184 g/mol. The Kier molecular flexibility index (Phi) is 2.33. The molecule has 2 aromatic rings. The molecule has 0 aliphatic heterocycles. The molecule has 1 N–H and O–H groups in total. The molecule has 2 aromatic carbocycles. The van der Waals surface area contributed by atoms with E-state index in [-0.39, 0.29) is 6.61 Å². The maximum atomic E-state index is 9.16. The fraction of sp³-hybridized carbons (Fsp3) is 0.0769. The molecular weight excluding hydrogens is 172 g/mol. The molecule has 0 bridgehead atoms. The van der Waals surface area contributed by atoms with Gasteiger partial charge in [-0.1, -0.05) is 49.1 Å². The summed E-state index contributed by atoms with van der Waals surface area (Å²) in [6, 6.07) is 12.1. The highest BCUT2D eigenvalue weighted by Gasteiger charge is 2.02. The van der Waals surface area contributed by atoms with Gasteiger partial charge in [0.25, 0.3) is 0 Å². The number of aliphatic hydroxyl groups excluding tert-OH is 1. The van der Waals surface area contributed by atoms with Crippen molar-refractivity contribution in [3.8, 4) is 0 Å². The van der Waals surface area contributed by atoms with Crippen molar-refractivity contribution in [1.82, 2.24) is 0 Å². The molecule has 0 atom stereocenters. The van der Waals surface area contributed by atoms with Gasteiger partial charge in [0.15, 0.2) is 0 Å². The van der Waals surface area contributed by atoms with Crippen LogP contribution in [0.3, 0.4) is 0 Å². The Morgan fingerprint density at radius 2 is 1.93 bits per heavy atom. The Bertz CT molecular complexity index is 472. The SMILES string of the molecule is C=Cc1c(CO)ccc2ccccc12. The summed E-state index contributed by atoms with van der Waals surface area (Å²) in [7, 11) is 0. The maximum Gasteiger partial charge on any atom is 0.0687 e. The first-order valence-electron chi connectivity index (χ1n) is 4.60. The largest absolute Gasteiger partial charge is 0.392 e. The Morgan fingerprint density at radius 3 is 2.64 bits per heavy atom. The standard InChI is InChI=1S/C13H12O/c1-2-12-11(9-14)8-7-10-5-3-4-6-13(10)12/h2-8,14H,1,9H2. The van der Waals surface area contributed by atoms with Crippen LogP contribution in [0.2, 0.25) is 0 Å². The van der Waals surface area contributed by atoms with Gasteiger partial charge in [-0.3, -0.25) is 0 Å². The van der Waals surface area contributed by atoms with Crippen LogP contribution >= 0.6 is 0 Å². The fourth-order valence-electron chi connectivity index (χ4n) is 1.72. The van der Waals surface area contributed by atoms with Crippen molar-refractivity contribution < 1.29 is 5.11 Å². The summed E-state index contributed by atoms with van der Waals surface area (Å²) in [4.78, 5) is 0. The van der Waals surface area contributed by atoms with Crippen LogP contribution in [-0.2, 0) is 6.61 Å². The van der Waals surface area contributed by atoms with E-state index in [1.54, 1.807) is 6.08 Å². The molecule has 1 nitrogen and oxygen atoms in total. The Morgan fingerprint density at radius 1 is 1.14 bits per heavy atom. The third-order valence-electron chi connectivity index (χ3n) is 2.44. The summed E-state index contributed by atoms with van der Waals surface area (Å²) < 4.78 is 0. The number of hydrogen-bond acceptors (Lipinski definition) is 1. The third-order valence-corrected chi connectivity index (χ3v) is 2.44. The zero-order valence-electron chi connectivity index (χ0n) is 7.90. The van der Waals surface area contributed by atoms with E-state index in [1.165, 1.54) is 5.39 Å². The lowest BCUT2D eigenvalue weighted by Crippen LogP contribution is -1.89. The first-order valence-corrected chi connectivity index (χ1v) is 4.60. The van der Waals surface area contributed by atoms with Crippen molar-refractivity contribution in [2.45, 2.75) is 6.61 Å². The highest BCUT2D eigenvalue weighted by atomic mass is 16.3. The molecule has 14 heavy (non-hydrogen) atoms. The van der Waals surface area contributed by atoms with Gasteiger partial charge in [0.1, 0.15) is 0 Å². The minimum atomic E-state index is 0.0617. The van der Waals surface area contributed by atoms with Gasteiger partial charge in [-0.05, 0) is 21.9 Å². The van der Waals surface area contributed by atoms with E-state index in [4.69, 9.17) is 5.11 Å². The number of benzene rings is 2. The molecule has 2 rings (SSSR count). The van der Waals surface area contributed by atoms with Gasteiger partial charge >= 0.3 is 0 Å². The Labute approximate surface area is 83.3 Å². The van der Waals surface area contributed by atoms with Gasteiger partial charge in [-0.15, -0.1) is 0 Å². The lowest BCUT2D eigenvalue weighted by atomic mass is 9.99. The summed E-state index contributed by atoms with van der Waals surface area (Å²) in [5.74, 6) is 0. The quantitative estimate of drug-likeness (QED) is 0.760. The Hall–Kier alpha value is -1.60. The monoisotopic (exact) mass is 184 g/mol. The van der Waals surface area contributed by atoms with Crippen LogP contribution in [0, 0.1) is 0 Å². The molecule has 0 fully saturated rings. The van der Waals surface area contributed by atoms with Crippen LogP contribution in [-0.4, -0.2) is 5.11 Å². The molecule has 0 radical (unpaired) electrons. The van der Waals surface area contributed by atoms with Crippen LogP contribution in [0.1, 0.15) is 11.1 Å². The van der Waals surface area contributed by atoms with Crippen molar-refractivity contribution >= 4 is 16.8 Å². The zero-order valence-corrected chi connectivity index (χ0v) is 7.90. The van der Waals surface area contributed by atoms with E-state index >= 15 is 0 Å². The third kappa shape index (κ3) is 1.32. The van der Waals surface area contributed by atoms with Gasteiger partial charge in [0.2, 0.25) is 0 Å².